The second-order valence-electron chi connectivity index (χ2n) is 4.08. The van der Waals surface area contributed by atoms with E-state index in [4.69, 9.17) is 16.3 Å². The van der Waals surface area contributed by atoms with Crippen LogP contribution in [0.4, 0.5) is 5.69 Å². The minimum Gasteiger partial charge on any atom is -0.494 e. The molecule has 0 fully saturated rings. The third-order valence-corrected chi connectivity index (χ3v) is 4.33. The van der Waals surface area contributed by atoms with Gasteiger partial charge in [0.1, 0.15) is 5.75 Å². The summed E-state index contributed by atoms with van der Waals surface area (Å²) in [4.78, 5) is 11.7. The number of ether oxygens (including phenoxy) is 1. The SMILES string of the molecule is COc1c(C)c(C)c(Br)c(C)c1NC(=O)CCCl. The third-order valence-electron chi connectivity index (χ3n) is 2.95. The molecule has 0 spiro atoms. The summed E-state index contributed by atoms with van der Waals surface area (Å²) in [5.41, 5.74) is 3.79. The Morgan fingerprint density at radius 2 is 1.89 bits per heavy atom. The van der Waals surface area contributed by atoms with E-state index < -0.39 is 0 Å². The molecule has 0 bridgehead atoms. The molecule has 0 saturated heterocycles. The standard InChI is InChI=1S/C13H17BrClNO2/c1-7-8(2)13(18-4)12(9(3)11(7)14)16-10(17)5-6-15/h5-6H2,1-4H3,(H,16,17). The Morgan fingerprint density at radius 1 is 1.28 bits per heavy atom. The molecule has 1 aromatic carbocycles. The predicted molar refractivity (Wildman–Crippen MR) is 78.9 cm³/mol. The topological polar surface area (TPSA) is 38.3 Å². The molecule has 0 saturated carbocycles. The fraction of sp³-hybridized carbons (Fsp3) is 0.462. The lowest BCUT2D eigenvalue weighted by Gasteiger charge is -2.19. The summed E-state index contributed by atoms with van der Waals surface area (Å²) >= 11 is 9.10. The van der Waals surface area contributed by atoms with E-state index in [9.17, 15) is 4.79 Å². The number of alkyl halides is 1. The highest BCUT2D eigenvalue weighted by molar-refractivity contribution is 9.10. The Hall–Kier alpha value is -0.740. The quantitative estimate of drug-likeness (QED) is 0.847. The molecule has 3 nitrogen and oxygen atoms in total. The zero-order valence-corrected chi connectivity index (χ0v) is 13.3. The Kier molecular flexibility index (Phi) is 5.47. The maximum absolute atomic E-state index is 11.7. The van der Waals surface area contributed by atoms with Crippen molar-refractivity contribution in [2.45, 2.75) is 27.2 Å². The largest absolute Gasteiger partial charge is 0.494 e. The minimum absolute atomic E-state index is 0.110. The first-order valence-corrected chi connectivity index (χ1v) is 6.95. The Bertz CT molecular complexity index is 475. The van der Waals surface area contributed by atoms with Crippen LogP contribution in [0.25, 0.3) is 0 Å². The molecule has 18 heavy (non-hydrogen) atoms. The fourth-order valence-electron chi connectivity index (χ4n) is 1.78. The van der Waals surface area contributed by atoms with Gasteiger partial charge in [-0.1, -0.05) is 15.9 Å². The number of carbonyl (C=O) groups excluding carboxylic acids is 1. The number of anilines is 1. The van der Waals surface area contributed by atoms with Crippen molar-refractivity contribution in [3.63, 3.8) is 0 Å². The Labute approximate surface area is 121 Å². The van der Waals surface area contributed by atoms with Crippen molar-refractivity contribution in [2.75, 3.05) is 18.3 Å². The van der Waals surface area contributed by atoms with E-state index in [1.807, 2.05) is 20.8 Å². The number of amides is 1. The van der Waals surface area contributed by atoms with Crippen molar-refractivity contribution in [3.8, 4) is 5.75 Å². The van der Waals surface area contributed by atoms with Gasteiger partial charge in [0.05, 0.1) is 12.8 Å². The number of benzene rings is 1. The molecule has 0 aliphatic heterocycles. The highest BCUT2D eigenvalue weighted by atomic mass is 79.9. The zero-order chi connectivity index (χ0) is 13.9. The van der Waals surface area contributed by atoms with Crippen molar-refractivity contribution in [1.29, 1.82) is 0 Å². The summed E-state index contributed by atoms with van der Waals surface area (Å²) in [6.45, 7) is 5.92. The summed E-state index contributed by atoms with van der Waals surface area (Å²) in [5, 5.41) is 2.86. The molecule has 0 aromatic heterocycles. The third kappa shape index (κ3) is 2.98. The van der Waals surface area contributed by atoms with Gasteiger partial charge in [0, 0.05) is 16.8 Å². The lowest BCUT2D eigenvalue weighted by atomic mass is 10.0. The van der Waals surface area contributed by atoms with Gasteiger partial charge in [0.2, 0.25) is 5.91 Å². The maximum atomic E-state index is 11.7. The molecular weight excluding hydrogens is 318 g/mol. The van der Waals surface area contributed by atoms with Gasteiger partial charge < -0.3 is 10.1 Å². The van der Waals surface area contributed by atoms with Gasteiger partial charge in [-0.3, -0.25) is 4.79 Å². The van der Waals surface area contributed by atoms with Crippen LogP contribution in [0.2, 0.25) is 0 Å². The smallest absolute Gasteiger partial charge is 0.225 e. The molecule has 1 aromatic rings. The van der Waals surface area contributed by atoms with E-state index in [1.54, 1.807) is 7.11 Å². The van der Waals surface area contributed by atoms with Gasteiger partial charge in [-0.2, -0.15) is 0 Å². The second kappa shape index (κ2) is 6.43. The van der Waals surface area contributed by atoms with Crippen molar-refractivity contribution in [1.82, 2.24) is 0 Å². The summed E-state index contributed by atoms with van der Waals surface area (Å²) in [6, 6.07) is 0. The number of rotatable bonds is 4. The molecular formula is C13H17BrClNO2. The van der Waals surface area contributed by atoms with Crippen LogP contribution in [0.3, 0.4) is 0 Å². The molecule has 1 rings (SSSR count). The van der Waals surface area contributed by atoms with Gasteiger partial charge in [0.25, 0.3) is 0 Å². The van der Waals surface area contributed by atoms with Crippen LogP contribution in [0, 0.1) is 20.8 Å². The molecule has 100 valence electrons. The highest BCUT2D eigenvalue weighted by Gasteiger charge is 2.18. The monoisotopic (exact) mass is 333 g/mol. The summed E-state index contributed by atoms with van der Waals surface area (Å²) < 4.78 is 6.39. The molecule has 0 heterocycles. The first-order valence-electron chi connectivity index (χ1n) is 5.63. The van der Waals surface area contributed by atoms with E-state index >= 15 is 0 Å². The average molecular weight is 335 g/mol. The minimum atomic E-state index is -0.110. The first kappa shape index (κ1) is 15.3. The van der Waals surface area contributed by atoms with E-state index in [2.05, 4.69) is 21.2 Å². The summed E-state index contributed by atoms with van der Waals surface area (Å²) in [6.07, 6.45) is 0.286. The van der Waals surface area contributed by atoms with Crippen molar-refractivity contribution in [3.05, 3.63) is 21.2 Å². The maximum Gasteiger partial charge on any atom is 0.225 e. The molecule has 1 amide bonds. The number of hydrogen-bond acceptors (Lipinski definition) is 2. The molecule has 0 aliphatic rings. The predicted octanol–water partition coefficient (Wildman–Crippen LogP) is 3.95. The van der Waals surface area contributed by atoms with Crippen LogP contribution >= 0.6 is 27.5 Å². The van der Waals surface area contributed by atoms with Gasteiger partial charge in [-0.25, -0.2) is 0 Å². The number of methoxy groups -OCH3 is 1. The Morgan fingerprint density at radius 3 is 2.39 bits per heavy atom. The lowest BCUT2D eigenvalue weighted by molar-refractivity contribution is -0.115. The molecule has 5 heteroatoms. The number of hydrogen-bond donors (Lipinski definition) is 1. The fourth-order valence-corrected chi connectivity index (χ4v) is 2.44. The van der Waals surface area contributed by atoms with E-state index in [1.165, 1.54) is 0 Å². The van der Waals surface area contributed by atoms with Gasteiger partial charge in [-0.15, -0.1) is 11.6 Å². The van der Waals surface area contributed by atoms with Crippen molar-refractivity contribution in [2.24, 2.45) is 0 Å². The average Bonchev–Trinajstić information content (AvgIpc) is 2.34. The molecule has 0 radical (unpaired) electrons. The highest BCUT2D eigenvalue weighted by Crippen LogP contribution is 2.39. The van der Waals surface area contributed by atoms with Crippen LogP contribution < -0.4 is 10.1 Å². The van der Waals surface area contributed by atoms with E-state index in [-0.39, 0.29) is 12.3 Å². The molecule has 1 N–H and O–H groups in total. The van der Waals surface area contributed by atoms with Crippen molar-refractivity contribution < 1.29 is 9.53 Å². The van der Waals surface area contributed by atoms with E-state index in [0.717, 1.165) is 21.2 Å². The van der Waals surface area contributed by atoms with Gasteiger partial charge in [-0.05, 0) is 37.5 Å². The van der Waals surface area contributed by atoms with Crippen LogP contribution in [0.5, 0.6) is 5.75 Å². The number of carbonyl (C=O) groups is 1. The molecule has 0 aliphatic carbocycles. The summed E-state index contributed by atoms with van der Waals surface area (Å²) in [7, 11) is 1.60. The first-order chi connectivity index (χ1) is 8.43. The van der Waals surface area contributed by atoms with Crippen molar-refractivity contribution >= 4 is 39.1 Å². The molecule has 0 atom stereocenters. The van der Waals surface area contributed by atoms with Gasteiger partial charge in [0.15, 0.2) is 0 Å². The zero-order valence-electron chi connectivity index (χ0n) is 11.0. The Balaban J connectivity index is 3.29. The van der Waals surface area contributed by atoms with E-state index in [0.29, 0.717) is 17.3 Å². The lowest BCUT2D eigenvalue weighted by Crippen LogP contribution is -2.14. The normalized spacial score (nSPS) is 10.3. The second-order valence-corrected chi connectivity index (χ2v) is 5.26. The summed E-state index contributed by atoms with van der Waals surface area (Å²) in [5.74, 6) is 0.900. The number of halogens is 2. The van der Waals surface area contributed by atoms with Crippen LogP contribution in [0.1, 0.15) is 23.1 Å². The molecule has 0 unspecified atom stereocenters. The van der Waals surface area contributed by atoms with Gasteiger partial charge >= 0.3 is 0 Å². The van der Waals surface area contributed by atoms with Crippen LogP contribution in [-0.4, -0.2) is 18.9 Å². The van der Waals surface area contributed by atoms with Crippen LogP contribution in [0.15, 0.2) is 4.47 Å². The number of nitrogens with one attached hydrogen (secondary N) is 1. The van der Waals surface area contributed by atoms with Crippen LogP contribution in [-0.2, 0) is 4.79 Å².